The highest BCUT2D eigenvalue weighted by Crippen LogP contribution is 2.65. The van der Waals surface area contributed by atoms with Crippen LogP contribution in [0.3, 0.4) is 0 Å². The fourth-order valence-electron chi connectivity index (χ4n) is 9.20. The average molecular weight is 620 g/mol. The zero-order valence-electron chi connectivity index (χ0n) is 25.9. The fraction of sp³-hybridized carbons (Fsp3) is 0.688. The normalized spacial score (nSPS) is 41.6. The molecule has 1 aromatic rings. The predicted octanol–water partition coefficient (Wildman–Crippen LogP) is 1.49. The van der Waals surface area contributed by atoms with Crippen molar-refractivity contribution in [1.29, 1.82) is 0 Å². The highest BCUT2D eigenvalue weighted by atomic mass is 17.1. The van der Waals surface area contributed by atoms with Crippen LogP contribution in [0.15, 0.2) is 41.5 Å². The summed E-state index contributed by atoms with van der Waals surface area (Å²) in [5, 5.41) is 72.5. The van der Waals surface area contributed by atoms with Crippen molar-refractivity contribution in [3.63, 3.8) is 0 Å². The number of ether oxygens (including phenoxy) is 2. The first-order chi connectivity index (χ1) is 20.5. The third-order valence-electron chi connectivity index (χ3n) is 11.8. The van der Waals surface area contributed by atoms with E-state index in [-0.39, 0.29) is 25.0 Å². The van der Waals surface area contributed by atoms with Gasteiger partial charge in [0.1, 0.15) is 23.9 Å². The van der Waals surface area contributed by atoms with Gasteiger partial charge in [-0.2, -0.15) is 0 Å². The number of nitrogens with one attached hydrogen (secondary N) is 1. The molecule has 2 bridgehead atoms. The van der Waals surface area contributed by atoms with Gasteiger partial charge in [-0.1, -0.05) is 56.7 Å². The predicted molar refractivity (Wildman–Crippen MR) is 155 cm³/mol. The van der Waals surface area contributed by atoms with Crippen LogP contribution in [0.1, 0.15) is 59.1 Å². The molecule has 12 atom stereocenters. The monoisotopic (exact) mass is 619 g/mol. The third-order valence-corrected chi connectivity index (χ3v) is 11.8. The summed E-state index contributed by atoms with van der Waals surface area (Å²) in [6.45, 7) is 8.23. The number of fused-ring (bicyclic) bond motifs is 5. The number of carbonyl (C=O) groups excluding carboxylic acids is 2. The molecule has 1 heterocycles. The Kier molecular flexibility index (Phi) is 8.34. The summed E-state index contributed by atoms with van der Waals surface area (Å²) >= 11 is 0. The van der Waals surface area contributed by atoms with Gasteiger partial charge in [-0.05, 0) is 37.3 Å². The van der Waals surface area contributed by atoms with Gasteiger partial charge in [0.15, 0.2) is 5.78 Å². The molecule has 244 valence electrons. The van der Waals surface area contributed by atoms with E-state index in [0.29, 0.717) is 11.1 Å². The van der Waals surface area contributed by atoms with E-state index in [2.05, 4.69) is 5.32 Å². The Labute approximate surface area is 256 Å². The number of hydrogen-bond acceptors (Lipinski definition) is 11. The number of hydrogen-bond donors (Lipinski definition) is 7. The number of ketones is 1. The van der Waals surface area contributed by atoms with Crippen LogP contribution in [-0.2, 0) is 19.2 Å². The molecule has 9 unspecified atom stereocenters. The molecule has 12 heteroatoms. The van der Waals surface area contributed by atoms with Crippen LogP contribution in [0.2, 0.25) is 0 Å². The minimum absolute atomic E-state index is 0.00214. The molecule has 3 aliphatic carbocycles. The lowest BCUT2D eigenvalue weighted by Crippen LogP contribution is -2.78. The maximum Gasteiger partial charge on any atom is 0.407 e. The molecule has 1 saturated heterocycles. The van der Waals surface area contributed by atoms with Crippen molar-refractivity contribution in [3.05, 3.63) is 47.0 Å². The molecule has 0 radical (unpaired) electrons. The van der Waals surface area contributed by atoms with Crippen LogP contribution < -0.4 is 5.32 Å². The van der Waals surface area contributed by atoms with E-state index < -0.39 is 88.2 Å². The zero-order valence-corrected chi connectivity index (χ0v) is 25.9. The minimum Gasteiger partial charge on any atom is -0.453 e. The molecule has 12 nitrogen and oxygen atoms in total. The first kappa shape index (κ1) is 33.0. The summed E-state index contributed by atoms with van der Waals surface area (Å²) < 4.78 is 10.4. The second-order valence-corrected chi connectivity index (χ2v) is 13.9. The lowest BCUT2D eigenvalue weighted by atomic mass is 9.42. The highest BCUT2D eigenvalue weighted by Gasteiger charge is 2.74. The topological polar surface area (TPSA) is 195 Å². The molecule has 0 aromatic heterocycles. The van der Waals surface area contributed by atoms with Gasteiger partial charge in [-0.3, -0.25) is 10.1 Å². The Hall–Kier alpha value is -2.42. The van der Waals surface area contributed by atoms with E-state index in [1.807, 2.05) is 0 Å². The number of methoxy groups -OCH3 is 1. The average Bonchev–Trinajstić information content (AvgIpc) is 2.99. The van der Waals surface area contributed by atoms with Crippen LogP contribution in [-0.4, -0.2) is 98.1 Å². The second-order valence-electron chi connectivity index (χ2n) is 13.9. The maximum atomic E-state index is 14.3. The molecular formula is C32H45NO11. The van der Waals surface area contributed by atoms with Crippen molar-refractivity contribution in [2.45, 2.75) is 95.2 Å². The molecule has 44 heavy (non-hydrogen) atoms. The van der Waals surface area contributed by atoms with Gasteiger partial charge in [0.25, 0.3) is 0 Å². The summed E-state index contributed by atoms with van der Waals surface area (Å²) in [4.78, 5) is 31.6. The smallest absolute Gasteiger partial charge is 0.407 e. The summed E-state index contributed by atoms with van der Waals surface area (Å²) in [5.41, 5.74) is -5.09. The van der Waals surface area contributed by atoms with E-state index in [4.69, 9.17) is 14.4 Å². The molecule has 4 aliphatic rings. The highest BCUT2D eigenvalue weighted by molar-refractivity contribution is 5.93. The first-order valence-corrected chi connectivity index (χ1v) is 15.1. The number of aliphatic hydroxyl groups is 5. The molecule has 1 aromatic carbocycles. The van der Waals surface area contributed by atoms with Crippen LogP contribution >= 0.6 is 0 Å². The molecule has 1 amide bonds. The maximum absolute atomic E-state index is 14.3. The molecule has 1 aliphatic heterocycles. The number of Topliss-reactive ketones (excluding diaryl/α,β-unsaturated/α-hetero) is 1. The van der Waals surface area contributed by atoms with Gasteiger partial charge in [0, 0.05) is 23.7 Å². The van der Waals surface area contributed by atoms with Gasteiger partial charge in [0.2, 0.25) is 0 Å². The van der Waals surface area contributed by atoms with Crippen molar-refractivity contribution >= 4 is 11.9 Å². The van der Waals surface area contributed by atoms with Gasteiger partial charge < -0.3 is 40.3 Å². The van der Waals surface area contributed by atoms with E-state index in [1.165, 1.54) is 14.0 Å². The van der Waals surface area contributed by atoms with Crippen LogP contribution in [0.25, 0.3) is 0 Å². The summed E-state index contributed by atoms with van der Waals surface area (Å²) in [5.74, 6) is -3.53. The van der Waals surface area contributed by atoms with Gasteiger partial charge >= 0.3 is 6.09 Å². The summed E-state index contributed by atoms with van der Waals surface area (Å²) in [6.07, 6.45) is -7.82. The van der Waals surface area contributed by atoms with Crippen molar-refractivity contribution in [3.8, 4) is 0 Å². The Morgan fingerprint density at radius 2 is 1.77 bits per heavy atom. The molecule has 0 spiro atoms. The van der Waals surface area contributed by atoms with Crippen molar-refractivity contribution in [2.75, 3.05) is 13.7 Å². The lowest BCUT2D eigenvalue weighted by molar-refractivity contribution is -0.339. The number of benzene rings is 1. The van der Waals surface area contributed by atoms with E-state index in [0.717, 1.165) is 0 Å². The Morgan fingerprint density at radius 1 is 1.14 bits per heavy atom. The second kappa shape index (κ2) is 11.1. The Bertz CT molecular complexity index is 1320. The standard InChI is InChI=1S/C32H45NO11/c1-15-18(25(44-41)24(36)22(33-28(38)42-6)17-10-8-7-9-11-17)13-32(40)16(2)26-30(5,19(34)12-20-31(26,39)14-43-20)27(37)23(35)21(15)29(32,3)4/h7-11,16,18-20,22-26,34-36,39-41H,12-14H2,1-6H3,(H,33,38)/t16?,18?,19?,20?,22?,23?,24?,25-,26?,30-,31+,32?/m1/s1. The van der Waals surface area contributed by atoms with E-state index in [1.54, 1.807) is 58.0 Å². The van der Waals surface area contributed by atoms with E-state index >= 15 is 0 Å². The largest absolute Gasteiger partial charge is 0.453 e. The molecule has 5 rings (SSSR count). The lowest BCUT2D eigenvalue weighted by Gasteiger charge is -2.67. The SMILES string of the molecule is COC(=O)NC(c1ccccc1)C(O)[C@H](OO)C1CC2(O)C(C)C3[C@]4(O)COC4CC(O)[C@@]3(C)C(=O)C(O)C(=C1C)C2(C)C. The first-order valence-electron chi connectivity index (χ1n) is 15.1. The van der Waals surface area contributed by atoms with Crippen molar-refractivity contribution in [2.24, 2.45) is 28.6 Å². The quantitative estimate of drug-likeness (QED) is 0.138. The van der Waals surface area contributed by atoms with Crippen LogP contribution in [0.4, 0.5) is 4.79 Å². The molecule has 2 saturated carbocycles. The number of aliphatic hydroxyl groups excluding tert-OH is 3. The number of alkyl carbamates (subject to hydrolysis) is 1. The minimum atomic E-state index is -1.79. The Balaban J connectivity index is 1.66. The third kappa shape index (κ3) is 4.41. The van der Waals surface area contributed by atoms with Crippen molar-refractivity contribution in [1.82, 2.24) is 5.32 Å². The zero-order chi connectivity index (χ0) is 32.6. The number of amides is 1. The molecule has 3 fully saturated rings. The van der Waals surface area contributed by atoms with Crippen LogP contribution in [0, 0.1) is 28.6 Å². The summed E-state index contributed by atoms with van der Waals surface area (Å²) in [6, 6.07) is 7.39. The van der Waals surface area contributed by atoms with Crippen LogP contribution in [0.5, 0.6) is 0 Å². The van der Waals surface area contributed by atoms with E-state index in [9.17, 15) is 40.4 Å². The number of rotatable bonds is 6. The van der Waals surface area contributed by atoms with Gasteiger partial charge in [-0.15, -0.1) is 0 Å². The van der Waals surface area contributed by atoms with Gasteiger partial charge in [-0.25, -0.2) is 9.68 Å². The summed E-state index contributed by atoms with van der Waals surface area (Å²) in [7, 11) is 1.17. The van der Waals surface area contributed by atoms with Gasteiger partial charge in [0.05, 0.1) is 43.0 Å². The number of carbonyl (C=O) groups is 2. The Morgan fingerprint density at radius 3 is 2.32 bits per heavy atom. The molecular weight excluding hydrogens is 574 g/mol. The van der Waals surface area contributed by atoms with Crippen molar-refractivity contribution < 1.29 is 54.7 Å². The fourth-order valence-corrected chi connectivity index (χ4v) is 9.20. The molecule has 7 N–H and O–H groups in total.